The summed E-state index contributed by atoms with van der Waals surface area (Å²) in [7, 11) is 0. The zero-order valence-corrected chi connectivity index (χ0v) is 13.8. The van der Waals surface area contributed by atoms with Gasteiger partial charge in [0.15, 0.2) is 0 Å². The molecule has 3 rings (SSSR count). The van der Waals surface area contributed by atoms with Crippen LogP contribution in [0.15, 0.2) is 42.5 Å². The van der Waals surface area contributed by atoms with E-state index in [0.29, 0.717) is 11.3 Å². The largest absolute Gasteiger partial charge is 0.324 e. The summed E-state index contributed by atoms with van der Waals surface area (Å²) >= 11 is 0. The van der Waals surface area contributed by atoms with Crippen LogP contribution in [0.1, 0.15) is 25.3 Å². The number of carbonyl (C=O) groups excluding carboxylic acids is 2. The molecule has 0 unspecified atom stereocenters. The number of nitrogens with zero attached hydrogens (tertiary/aromatic N) is 1. The van der Waals surface area contributed by atoms with E-state index < -0.39 is 5.82 Å². The molecule has 2 aromatic rings. The zero-order valence-electron chi connectivity index (χ0n) is 13.8. The van der Waals surface area contributed by atoms with Crippen molar-refractivity contribution in [3.8, 4) is 0 Å². The van der Waals surface area contributed by atoms with Gasteiger partial charge in [0.2, 0.25) is 11.8 Å². The van der Waals surface area contributed by atoms with Crippen molar-refractivity contribution in [2.24, 2.45) is 0 Å². The van der Waals surface area contributed by atoms with E-state index in [9.17, 15) is 18.4 Å². The lowest BCUT2D eigenvalue weighted by Crippen LogP contribution is -2.32. The number of carbonyl (C=O) groups is 2. The van der Waals surface area contributed by atoms with Gasteiger partial charge in [-0.15, -0.1) is 0 Å². The van der Waals surface area contributed by atoms with Crippen LogP contribution in [0.2, 0.25) is 0 Å². The lowest BCUT2D eigenvalue weighted by atomic mass is 10.1. The molecule has 1 fully saturated rings. The molecule has 1 N–H and O–H groups in total. The maximum absolute atomic E-state index is 13.7. The molecule has 0 bridgehead atoms. The molecule has 0 aromatic heterocycles. The van der Waals surface area contributed by atoms with E-state index >= 15 is 0 Å². The number of amides is 2. The molecule has 6 heteroatoms. The number of hydrogen-bond acceptors (Lipinski definition) is 2. The molecule has 0 radical (unpaired) electrons. The van der Waals surface area contributed by atoms with Crippen LogP contribution in [-0.2, 0) is 16.0 Å². The number of anilines is 2. The predicted octanol–water partition coefficient (Wildman–Crippen LogP) is 3.66. The molecule has 25 heavy (non-hydrogen) atoms. The molecular weight excluding hydrogens is 326 g/mol. The van der Waals surface area contributed by atoms with Gasteiger partial charge in [-0.2, -0.15) is 0 Å². The second kappa shape index (κ2) is 7.01. The van der Waals surface area contributed by atoms with Crippen LogP contribution in [-0.4, -0.2) is 17.9 Å². The minimum absolute atomic E-state index is 0.0275. The van der Waals surface area contributed by atoms with E-state index in [0.717, 1.165) is 12.8 Å². The highest BCUT2D eigenvalue weighted by Gasteiger charge is 2.33. The average molecular weight is 344 g/mol. The van der Waals surface area contributed by atoms with Crippen molar-refractivity contribution in [3.05, 3.63) is 59.7 Å². The van der Waals surface area contributed by atoms with E-state index in [4.69, 9.17) is 0 Å². The Morgan fingerprint density at radius 3 is 2.32 bits per heavy atom. The Morgan fingerprint density at radius 2 is 1.72 bits per heavy atom. The summed E-state index contributed by atoms with van der Waals surface area (Å²) in [5, 5.41) is 2.67. The Labute approximate surface area is 144 Å². The molecule has 2 aromatic carbocycles. The number of hydrogen-bond donors (Lipinski definition) is 1. The van der Waals surface area contributed by atoms with Crippen LogP contribution in [0, 0.1) is 11.6 Å². The van der Waals surface area contributed by atoms with E-state index in [-0.39, 0.29) is 35.8 Å². The molecule has 130 valence electrons. The highest BCUT2D eigenvalue weighted by atomic mass is 19.1. The lowest BCUT2D eigenvalue weighted by molar-refractivity contribution is -0.117. The molecule has 4 nitrogen and oxygen atoms in total. The zero-order chi connectivity index (χ0) is 18.0. The highest BCUT2D eigenvalue weighted by Crippen LogP contribution is 2.36. The predicted molar refractivity (Wildman–Crippen MR) is 91.3 cm³/mol. The van der Waals surface area contributed by atoms with Gasteiger partial charge in [0, 0.05) is 13.0 Å². The van der Waals surface area contributed by atoms with Crippen molar-refractivity contribution in [2.75, 3.05) is 10.2 Å². The van der Waals surface area contributed by atoms with E-state index in [1.807, 2.05) is 0 Å². The molecular formula is C19H18F2N2O2. The molecule has 0 aliphatic heterocycles. The summed E-state index contributed by atoms with van der Waals surface area (Å²) in [4.78, 5) is 25.8. The van der Waals surface area contributed by atoms with Crippen molar-refractivity contribution >= 4 is 23.2 Å². The molecule has 1 saturated carbocycles. The number of rotatable bonds is 5. The third-order valence-electron chi connectivity index (χ3n) is 4.02. The lowest BCUT2D eigenvalue weighted by Gasteiger charge is -2.24. The van der Waals surface area contributed by atoms with Crippen molar-refractivity contribution < 1.29 is 18.4 Å². The molecule has 0 spiro atoms. The summed E-state index contributed by atoms with van der Waals surface area (Å²) in [6.45, 7) is 1.45. The fourth-order valence-electron chi connectivity index (χ4n) is 2.76. The first kappa shape index (κ1) is 17.1. The maximum Gasteiger partial charge on any atom is 0.228 e. The summed E-state index contributed by atoms with van der Waals surface area (Å²) in [6, 6.07) is 9.67. The van der Waals surface area contributed by atoms with Crippen LogP contribution in [0.25, 0.3) is 0 Å². The van der Waals surface area contributed by atoms with Gasteiger partial charge in [-0.1, -0.05) is 12.1 Å². The maximum atomic E-state index is 13.7. The Kier molecular flexibility index (Phi) is 4.79. The van der Waals surface area contributed by atoms with Gasteiger partial charge in [-0.25, -0.2) is 8.78 Å². The second-order valence-corrected chi connectivity index (χ2v) is 6.13. The van der Waals surface area contributed by atoms with Gasteiger partial charge in [0.1, 0.15) is 11.6 Å². The molecule has 2 amide bonds. The van der Waals surface area contributed by atoms with Crippen LogP contribution < -0.4 is 10.2 Å². The first-order valence-corrected chi connectivity index (χ1v) is 8.07. The first-order chi connectivity index (χ1) is 11.9. The van der Waals surface area contributed by atoms with Gasteiger partial charge in [0.25, 0.3) is 0 Å². The van der Waals surface area contributed by atoms with Crippen molar-refractivity contribution in [2.45, 2.75) is 32.2 Å². The van der Waals surface area contributed by atoms with Crippen LogP contribution >= 0.6 is 0 Å². The second-order valence-electron chi connectivity index (χ2n) is 6.13. The van der Waals surface area contributed by atoms with Gasteiger partial charge >= 0.3 is 0 Å². The topological polar surface area (TPSA) is 49.4 Å². The fraction of sp³-hybridized carbons (Fsp3) is 0.263. The number of nitrogens with one attached hydrogen (secondary N) is 1. The van der Waals surface area contributed by atoms with Crippen molar-refractivity contribution in [1.29, 1.82) is 0 Å². The molecule has 0 saturated heterocycles. The molecule has 1 aliphatic carbocycles. The summed E-state index contributed by atoms with van der Waals surface area (Å²) in [6.07, 6.45) is 1.81. The van der Waals surface area contributed by atoms with Gasteiger partial charge in [0.05, 0.1) is 17.8 Å². The van der Waals surface area contributed by atoms with Crippen molar-refractivity contribution in [3.63, 3.8) is 0 Å². The Balaban J connectivity index is 1.81. The van der Waals surface area contributed by atoms with E-state index in [1.54, 1.807) is 4.90 Å². The minimum atomic E-state index is -0.500. The fourth-order valence-corrected chi connectivity index (χ4v) is 2.76. The Bertz CT molecular complexity index is 802. The molecule has 1 aliphatic rings. The van der Waals surface area contributed by atoms with Crippen LogP contribution in [0.4, 0.5) is 20.2 Å². The third kappa shape index (κ3) is 4.21. The Morgan fingerprint density at radius 1 is 1.08 bits per heavy atom. The van der Waals surface area contributed by atoms with Gasteiger partial charge < -0.3 is 10.2 Å². The van der Waals surface area contributed by atoms with Crippen LogP contribution in [0.3, 0.4) is 0 Å². The van der Waals surface area contributed by atoms with Crippen molar-refractivity contribution in [1.82, 2.24) is 0 Å². The molecule has 0 atom stereocenters. The quantitative estimate of drug-likeness (QED) is 0.900. The summed E-state index contributed by atoms with van der Waals surface area (Å²) < 4.78 is 26.6. The molecule has 0 heterocycles. The summed E-state index contributed by atoms with van der Waals surface area (Å²) in [5.41, 5.74) is 1.39. The van der Waals surface area contributed by atoms with Gasteiger partial charge in [-0.05, 0) is 48.7 Å². The monoisotopic (exact) mass is 344 g/mol. The normalized spacial score (nSPS) is 13.4. The smallest absolute Gasteiger partial charge is 0.228 e. The number of halogens is 2. The van der Waals surface area contributed by atoms with E-state index in [1.165, 1.54) is 49.4 Å². The summed E-state index contributed by atoms with van der Waals surface area (Å²) in [5.74, 6) is -1.39. The highest BCUT2D eigenvalue weighted by molar-refractivity contribution is 6.01. The average Bonchev–Trinajstić information content (AvgIpc) is 3.36. The number of benzene rings is 2. The van der Waals surface area contributed by atoms with Gasteiger partial charge in [-0.3, -0.25) is 9.59 Å². The van der Waals surface area contributed by atoms with Crippen LogP contribution in [0.5, 0.6) is 0 Å². The van der Waals surface area contributed by atoms with E-state index in [2.05, 4.69) is 5.32 Å². The first-order valence-electron chi connectivity index (χ1n) is 8.07. The SMILES string of the molecule is CC(=O)N(c1ccc(F)cc1NC(=O)Cc1ccc(F)cc1)C1CC1. The minimum Gasteiger partial charge on any atom is -0.324 e. The third-order valence-corrected chi connectivity index (χ3v) is 4.02. The Hall–Kier alpha value is -2.76. The standard InChI is InChI=1S/C19H18F2N2O2/c1-12(24)23(16-7-8-16)18-9-6-15(21)11-17(18)22-19(25)10-13-2-4-14(20)5-3-13/h2-6,9,11,16H,7-8,10H2,1H3,(H,22,25).